The third-order valence-corrected chi connectivity index (χ3v) is 2.98. The molecule has 0 atom stereocenters. The summed E-state index contributed by atoms with van der Waals surface area (Å²) in [7, 11) is 1.93. The van der Waals surface area contributed by atoms with E-state index >= 15 is 0 Å². The minimum Gasteiger partial charge on any atom is -0.493 e. The van der Waals surface area contributed by atoms with E-state index in [-0.39, 0.29) is 0 Å². The molecule has 0 aliphatic rings. The molecule has 1 rings (SSSR count). The van der Waals surface area contributed by atoms with E-state index in [0.29, 0.717) is 0 Å². The Hall–Kier alpha value is -0.730. The molecule has 1 N–H and O–H groups in total. The molecule has 0 heterocycles. The van der Waals surface area contributed by atoms with E-state index in [1.807, 2.05) is 27.0 Å². The lowest BCUT2D eigenvalue weighted by Crippen LogP contribution is -2.11. The Balaban J connectivity index is 3.15. The van der Waals surface area contributed by atoms with Gasteiger partial charge in [0.1, 0.15) is 5.75 Å². The van der Waals surface area contributed by atoms with Crippen molar-refractivity contribution in [3.05, 3.63) is 27.8 Å². The average Bonchev–Trinajstić information content (AvgIpc) is 2.25. The molecular weight excluding hydrogens is 222 g/mol. The topological polar surface area (TPSA) is 21.3 Å². The van der Waals surface area contributed by atoms with Gasteiger partial charge in [0.2, 0.25) is 0 Å². The number of hydrogen-bond donors (Lipinski definition) is 1. The maximum atomic E-state index is 6.18. The van der Waals surface area contributed by atoms with E-state index in [1.54, 1.807) is 0 Å². The normalized spacial score (nSPS) is 10.6. The summed E-state index contributed by atoms with van der Waals surface area (Å²) >= 11 is 6.18. The second kappa shape index (κ2) is 6.12. The van der Waals surface area contributed by atoms with Crippen LogP contribution in [0.5, 0.6) is 5.75 Å². The second-order valence-corrected chi connectivity index (χ2v) is 4.39. The summed E-state index contributed by atoms with van der Waals surface area (Å²) in [5, 5.41) is 3.97. The van der Waals surface area contributed by atoms with Crippen LogP contribution in [0, 0.1) is 13.8 Å². The molecular formula is C13H20ClNO. The standard InChI is InChI=1S/C13H20ClNO/c1-5-6-16-13-9(2)7-12(14)10(3)11(13)8-15-4/h7,15H,5-6,8H2,1-4H3. The molecule has 0 spiro atoms. The van der Waals surface area contributed by atoms with Crippen molar-refractivity contribution in [3.63, 3.8) is 0 Å². The van der Waals surface area contributed by atoms with Crippen molar-refractivity contribution in [1.29, 1.82) is 0 Å². The van der Waals surface area contributed by atoms with Crippen LogP contribution >= 0.6 is 11.6 Å². The Labute approximate surface area is 103 Å². The SMILES string of the molecule is CCCOc1c(C)cc(Cl)c(C)c1CNC. The summed E-state index contributed by atoms with van der Waals surface area (Å²) < 4.78 is 5.81. The number of nitrogens with one attached hydrogen (secondary N) is 1. The monoisotopic (exact) mass is 241 g/mol. The summed E-state index contributed by atoms with van der Waals surface area (Å²) in [6.45, 7) is 7.71. The van der Waals surface area contributed by atoms with E-state index in [4.69, 9.17) is 16.3 Å². The van der Waals surface area contributed by atoms with Gasteiger partial charge in [0.05, 0.1) is 6.61 Å². The van der Waals surface area contributed by atoms with Crippen LogP contribution in [-0.4, -0.2) is 13.7 Å². The van der Waals surface area contributed by atoms with Crippen LogP contribution in [0.15, 0.2) is 6.07 Å². The molecule has 0 radical (unpaired) electrons. The molecule has 0 aliphatic heterocycles. The van der Waals surface area contributed by atoms with Crippen LogP contribution in [0.3, 0.4) is 0 Å². The Bertz CT molecular complexity index is 363. The molecule has 0 amide bonds. The summed E-state index contributed by atoms with van der Waals surface area (Å²) in [5.41, 5.74) is 3.38. The number of ether oxygens (including phenoxy) is 1. The van der Waals surface area contributed by atoms with Gasteiger partial charge in [0.25, 0.3) is 0 Å². The lowest BCUT2D eigenvalue weighted by molar-refractivity contribution is 0.311. The zero-order valence-corrected chi connectivity index (χ0v) is 11.2. The Morgan fingerprint density at radius 2 is 2.06 bits per heavy atom. The first-order chi connectivity index (χ1) is 7.61. The zero-order chi connectivity index (χ0) is 12.1. The van der Waals surface area contributed by atoms with Crippen LogP contribution in [0.1, 0.15) is 30.0 Å². The van der Waals surface area contributed by atoms with Crippen molar-refractivity contribution in [2.24, 2.45) is 0 Å². The Morgan fingerprint density at radius 3 is 2.62 bits per heavy atom. The number of aryl methyl sites for hydroxylation is 1. The maximum Gasteiger partial charge on any atom is 0.127 e. The summed E-state index contributed by atoms with van der Waals surface area (Å²) in [6.07, 6.45) is 1.01. The van der Waals surface area contributed by atoms with Gasteiger partial charge < -0.3 is 10.1 Å². The van der Waals surface area contributed by atoms with Crippen LogP contribution < -0.4 is 10.1 Å². The van der Waals surface area contributed by atoms with Crippen molar-refractivity contribution in [2.75, 3.05) is 13.7 Å². The molecule has 0 bridgehead atoms. The lowest BCUT2D eigenvalue weighted by atomic mass is 10.0. The minimum absolute atomic E-state index is 0.749. The van der Waals surface area contributed by atoms with Crippen LogP contribution in [0.25, 0.3) is 0 Å². The summed E-state index contributed by atoms with van der Waals surface area (Å²) in [6, 6.07) is 1.97. The quantitative estimate of drug-likeness (QED) is 0.853. The van der Waals surface area contributed by atoms with Crippen molar-refractivity contribution in [1.82, 2.24) is 5.32 Å². The van der Waals surface area contributed by atoms with Crippen LogP contribution in [0.4, 0.5) is 0 Å². The molecule has 1 aromatic rings. The van der Waals surface area contributed by atoms with Gasteiger partial charge in [-0.1, -0.05) is 18.5 Å². The minimum atomic E-state index is 0.749. The highest BCUT2D eigenvalue weighted by molar-refractivity contribution is 6.31. The third kappa shape index (κ3) is 2.89. The van der Waals surface area contributed by atoms with Gasteiger partial charge in [-0.05, 0) is 44.5 Å². The van der Waals surface area contributed by atoms with Crippen LogP contribution in [-0.2, 0) is 6.54 Å². The van der Waals surface area contributed by atoms with Gasteiger partial charge >= 0.3 is 0 Å². The maximum absolute atomic E-state index is 6.18. The third-order valence-electron chi connectivity index (χ3n) is 2.59. The van der Waals surface area contributed by atoms with Gasteiger partial charge in [-0.15, -0.1) is 0 Å². The largest absolute Gasteiger partial charge is 0.493 e. The molecule has 16 heavy (non-hydrogen) atoms. The van der Waals surface area contributed by atoms with Gasteiger partial charge in [-0.25, -0.2) is 0 Å². The fraction of sp³-hybridized carbons (Fsp3) is 0.538. The summed E-state index contributed by atoms with van der Waals surface area (Å²) in [5.74, 6) is 0.984. The highest BCUT2D eigenvalue weighted by Crippen LogP contribution is 2.32. The predicted octanol–water partition coefficient (Wildman–Crippen LogP) is 3.47. The molecule has 0 saturated carbocycles. The summed E-state index contributed by atoms with van der Waals surface area (Å²) in [4.78, 5) is 0. The van der Waals surface area contributed by atoms with Crippen molar-refractivity contribution in [2.45, 2.75) is 33.7 Å². The first kappa shape index (κ1) is 13.3. The Kier molecular flexibility index (Phi) is 5.10. The van der Waals surface area contributed by atoms with Gasteiger partial charge in [-0.3, -0.25) is 0 Å². The highest BCUT2D eigenvalue weighted by Gasteiger charge is 2.12. The Morgan fingerprint density at radius 1 is 1.38 bits per heavy atom. The number of benzene rings is 1. The van der Waals surface area contributed by atoms with Crippen molar-refractivity contribution < 1.29 is 4.74 Å². The molecule has 3 heteroatoms. The fourth-order valence-electron chi connectivity index (χ4n) is 1.71. The van der Waals surface area contributed by atoms with Crippen molar-refractivity contribution in [3.8, 4) is 5.75 Å². The molecule has 0 saturated heterocycles. The molecule has 2 nitrogen and oxygen atoms in total. The number of halogens is 1. The van der Waals surface area contributed by atoms with E-state index < -0.39 is 0 Å². The lowest BCUT2D eigenvalue weighted by Gasteiger charge is -2.17. The van der Waals surface area contributed by atoms with Gasteiger partial charge in [-0.2, -0.15) is 0 Å². The van der Waals surface area contributed by atoms with Gasteiger partial charge in [0.15, 0.2) is 0 Å². The first-order valence-electron chi connectivity index (χ1n) is 5.67. The molecule has 0 unspecified atom stereocenters. The molecule has 0 fully saturated rings. The van der Waals surface area contributed by atoms with Crippen LogP contribution in [0.2, 0.25) is 5.02 Å². The van der Waals surface area contributed by atoms with E-state index in [0.717, 1.165) is 41.5 Å². The van der Waals surface area contributed by atoms with E-state index in [2.05, 4.69) is 12.2 Å². The first-order valence-corrected chi connectivity index (χ1v) is 6.05. The highest BCUT2D eigenvalue weighted by atomic mass is 35.5. The molecule has 0 aromatic heterocycles. The molecule has 0 aliphatic carbocycles. The average molecular weight is 242 g/mol. The number of rotatable bonds is 5. The van der Waals surface area contributed by atoms with E-state index in [9.17, 15) is 0 Å². The zero-order valence-electron chi connectivity index (χ0n) is 10.5. The number of hydrogen-bond acceptors (Lipinski definition) is 2. The fourth-order valence-corrected chi connectivity index (χ4v) is 1.99. The second-order valence-electron chi connectivity index (χ2n) is 3.99. The molecule has 90 valence electrons. The van der Waals surface area contributed by atoms with Crippen molar-refractivity contribution >= 4 is 11.6 Å². The predicted molar refractivity (Wildman–Crippen MR) is 69.5 cm³/mol. The molecule has 1 aromatic carbocycles. The smallest absolute Gasteiger partial charge is 0.127 e. The van der Waals surface area contributed by atoms with E-state index in [1.165, 1.54) is 5.56 Å². The van der Waals surface area contributed by atoms with Gasteiger partial charge in [0, 0.05) is 17.1 Å².